The second kappa shape index (κ2) is 6.78. The number of hydrogen-bond donors (Lipinski definition) is 2. The first kappa shape index (κ1) is 16.5. The molecule has 0 aliphatic carbocycles. The third-order valence-corrected chi connectivity index (χ3v) is 4.48. The molecule has 0 bridgehead atoms. The summed E-state index contributed by atoms with van der Waals surface area (Å²) in [4.78, 5) is 10.3. The Bertz CT molecular complexity index is 599. The van der Waals surface area contributed by atoms with E-state index < -0.39 is 14.9 Å². The first-order valence-corrected chi connectivity index (χ1v) is 7.73. The molecule has 0 atom stereocenters. The zero-order chi connectivity index (χ0) is 15.3. The van der Waals surface area contributed by atoms with Gasteiger partial charge in [0.15, 0.2) is 0 Å². The van der Waals surface area contributed by atoms with Crippen molar-refractivity contribution in [1.82, 2.24) is 4.72 Å². The number of aryl methyl sites for hydroxylation is 1. The molecular formula is C12H19N3O4S. The van der Waals surface area contributed by atoms with E-state index in [-0.39, 0.29) is 17.1 Å². The van der Waals surface area contributed by atoms with Gasteiger partial charge in [0.05, 0.1) is 9.82 Å². The lowest BCUT2D eigenvalue weighted by Gasteiger charge is -2.09. The Kier molecular flexibility index (Phi) is 5.61. The minimum Gasteiger partial charge on any atom is -0.330 e. The van der Waals surface area contributed by atoms with E-state index in [0.29, 0.717) is 24.1 Å². The molecule has 1 rings (SSSR count). The van der Waals surface area contributed by atoms with Gasteiger partial charge in [0.1, 0.15) is 0 Å². The number of nitrogens with one attached hydrogen (secondary N) is 1. The Morgan fingerprint density at radius 2 is 1.95 bits per heavy atom. The first-order valence-electron chi connectivity index (χ1n) is 6.25. The molecule has 0 heterocycles. The largest absolute Gasteiger partial charge is 0.330 e. The van der Waals surface area contributed by atoms with E-state index in [0.717, 1.165) is 12.5 Å². The van der Waals surface area contributed by atoms with E-state index in [1.807, 2.05) is 0 Å². The number of nitro benzene ring substituents is 1. The van der Waals surface area contributed by atoms with Crippen molar-refractivity contribution < 1.29 is 13.3 Å². The van der Waals surface area contributed by atoms with Gasteiger partial charge in [-0.05, 0) is 44.9 Å². The average Bonchev–Trinajstić information content (AvgIpc) is 2.37. The van der Waals surface area contributed by atoms with Crippen molar-refractivity contribution in [2.75, 3.05) is 13.1 Å². The number of benzene rings is 1. The molecule has 0 radical (unpaired) electrons. The Balaban J connectivity index is 3.04. The van der Waals surface area contributed by atoms with Crippen molar-refractivity contribution >= 4 is 15.7 Å². The molecule has 0 aliphatic rings. The molecule has 0 spiro atoms. The zero-order valence-electron chi connectivity index (χ0n) is 11.5. The highest BCUT2D eigenvalue weighted by molar-refractivity contribution is 7.89. The molecule has 0 aliphatic heterocycles. The number of nitrogens with zero attached hydrogens (tertiary/aromatic N) is 1. The van der Waals surface area contributed by atoms with Crippen LogP contribution in [0.3, 0.4) is 0 Å². The second-order valence-corrected chi connectivity index (χ2v) is 6.30. The predicted octanol–water partition coefficient (Wildman–Crippen LogP) is 1.23. The number of nitro groups is 1. The van der Waals surface area contributed by atoms with Gasteiger partial charge in [-0.2, -0.15) is 0 Å². The Morgan fingerprint density at radius 1 is 1.30 bits per heavy atom. The van der Waals surface area contributed by atoms with E-state index in [1.165, 1.54) is 6.07 Å². The van der Waals surface area contributed by atoms with Gasteiger partial charge in [-0.1, -0.05) is 0 Å². The molecule has 0 saturated carbocycles. The molecule has 3 N–H and O–H groups in total. The van der Waals surface area contributed by atoms with Crippen LogP contribution >= 0.6 is 0 Å². The summed E-state index contributed by atoms with van der Waals surface area (Å²) in [6.07, 6.45) is 1.35. The van der Waals surface area contributed by atoms with Crippen LogP contribution in [0.5, 0.6) is 0 Å². The first-order chi connectivity index (χ1) is 9.29. The smallest absolute Gasteiger partial charge is 0.273 e. The third-order valence-electron chi connectivity index (χ3n) is 3.04. The van der Waals surface area contributed by atoms with Crippen molar-refractivity contribution in [3.8, 4) is 0 Å². The van der Waals surface area contributed by atoms with Gasteiger partial charge < -0.3 is 5.73 Å². The lowest BCUT2D eigenvalue weighted by atomic mass is 10.1. The van der Waals surface area contributed by atoms with Crippen molar-refractivity contribution in [2.45, 2.75) is 31.6 Å². The fraction of sp³-hybridized carbons (Fsp3) is 0.500. The molecule has 0 fully saturated rings. The fourth-order valence-corrected chi connectivity index (χ4v) is 2.89. The monoisotopic (exact) mass is 301 g/mol. The SMILES string of the molecule is Cc1cc(S(=O)(=O)NCCCCN)cc([N+](=O)[O-])c1C. The summed E-state index contributed by atoms with van der Waals surface area (Å²) in [6.45, 7) is 4.01. The molecule has 0 saturated heterocycles. The molecule has 112 valence electrons. The highest BCUT2D eigenvalue weighted by Gasteiger charge is 2.21. The standard InChI is InChI=1S/C12H19N3O4S/c1-9-7-11(8-12(10(9)2)15(16)17)20(18,19)14-6-4-3-5-13/h7-8,14H,3-6,13H2,1-2H3. The van der Waals surface area contributed by atoms with Crippen LogP contribution in [-0.4, -0.2) is 26.4 Å². The molecule has 0 aromatic heterocycles. The van der Waals surface area contributed by atoms with Gasteiger partial charge in [-0.15, -0.1) is 0 Å². The Hall–Kier alpha value is -1.51. The summed E-state index contributed by atoms with van der Waals surface area (Å²) >= 11 is 0. The van der Waals surface area contributed by atoms with Gasteiger partial charge in [0, 0.05) is 18.2 Å². The number of nitrogens with two attached hydrogens (primary N) is 1. The molecule has 8 heteroatoms. The van der Waals surface area contributed by atoms with E-state index >= 15 is 0 Å². The van der Waals surface area contributed by atoms with Crippen LogP contribution in [0.2, 0.25) is 0 Å². The van der Waals surface area contributed by atoms with Crippen molar-refractivity contribution in [3.63, 3.8) is 0 Å². The minimum absolute atomic E-state index is 0.0833. The molecule has 1 aromatic carbocycles. The van der Waals surface area contributed by atoms with Crippen LogP contribution in [-0.2, 0) is 10.0 Å². The van der Waals surface area contributed by atoms with Gasteiger partial charge >= 0.3 is 0 Å². The van der Waals surface area contributed by atoms with Crippen molar-refractivity contribution in [3.05, 3.63) is 33.4 Å². The van der Waals surface area contributed by atoms with E-state index in [9.17, 15) is 18.5 Å². The molecule has 20 heavy (non-hydrogen) atoms. The van der Waals surface area contributed by atoms with Crippen LogP contribution < -0.4 is 10.5 Å². The maximum Gasteiger partial charge on any atom is 0.273 e. The lowest BCUT2D eigenvalue weighted by Crippen LogP contribution is -2.25. The summed E-state index contributed by atoms with van der Waals surface area (Å²) in [5.74, 6) is 0. The fourth-order valence-electron chi connectivity index (χ4n) is 1.71. The van der Waals surface area contributed by atoms with Crippen LogP contribution in [0.15, 0.2) is 17.0 Å². The number of hydrogen-bond acceptors (Lipinski definition) is 5. The summed E-state index contributed by atoms with van der Waals surface area (Å²) in [7, 11) is -3.73. The predicted molar refractivity (Wildman–Crippen MR) is 76.0 cm³/mol. The maximum absolute atomic E-state index is 12.1. The van der Waals surface area contributed by atoms with E-state index in [2.05, 4.69) is 4.72 Å². The van der Waals surface area contributed by atoms with Gasteiger partial charge in [-0.3, -0.25) is 10.1 Å². The number of unbranched alkanes of at least 4 members (excludes halogenated alkanes) is 1. The highest BCUT2D eigenvalue weighted by Crippen LogP contribution is 2.25. The minimum atomic E-state index is -3.73. The Morgan fingerprint density at radius 3 is 2.50 bits per heavy atom. The van der Waals surface area contributed by atoms with Crippen LogP contribution in [0, 0.1) is 24.0 Å². The van der Waals surface area contributed by atoms with E-state index in [1.54, 1.807) is 13.8 Å². The van der Waals surface area contributed by atoms with Crippen LogP contribution in [0.25, 0.3) is 0 Å². The highest BCUT2D eigenvalue weighted by atomic mass is 32.2. The molecule has 0 amide bonds. The van der Waals surface area contributed by atoms with Crippen molar-refractivity contribution in [1.29, 1.82) is 0 Å². The molecule has 0 unspecified atom stereocenters. The van der Waals surface area contributed by atoms with Gasteiger partial charge in [0.25, 0.3) is 5.69 Å². The summed E-state index contributed by atoms with van der Waals surface area (Å²) < 4.78 is 26.6. The summed E-state index contributed by atoms with van der Waals surface area (Å²) in [5.41, 5.74) is 6.18. The second-order valence-electron chi connectivity index (χ2n) is 4.53. The molecular weight excluding hydrogens is 282 g/mol. The summed E-state index contributed by atoms with van der Waals surface area (Å²) in [5, 5.41) is 10.9. The van der Waals surface area contributed by atoms with Gasteiger partial charge in [-0.25, -0.2) is 13.1 Å². The van der Waals surface area contributed by atoms with Gasteiger partial charge in [0.2, 0.25) is 10.0 Å². The number of rotatable bonds is 7. The topological polar surface area (TPSA) is 115 Å². The molecule has 1 aromatic rings. The normalized spacial score (nSPS) is 11.6. The summed E-state index contributed by atoms with van der Waals surface area (Å²) in [6, 6.07) is 2.53. The average molecular weight is 301 g/mol. The third kappa shape index (κ3) is 3.99. The number of sulfonamides is 1. The maximum atomic E-state index is 12.1. The van der Waals surface area contributed by atoms with Crippen molar-refractivity contribution in [2.24, 2.45) is 5.73 Å². The quantitative estimate of drug-likeness (QED) is 0.446. The zero-order valence-corrected chi connectivity index (χ0v) is 12.4. The van der Waals surface area contributed by atoms with Crippen LogP contribution in [0.4, 0.5) is 5.69 Å². The molecule has 7 nitrogen and oxygen atoms in total. The Labute approximate surface area is 118 Å². The van der Waals surface area contributed by atoms with Crippen LogP contribution in [0.1, 0.15) is 24.0 Å². The van der Waals surface area contributed by atoms with E-state index in [4.69, 9.17) is 5.73 Å². The lowest BCUT2D eigenvalue weighted by molar-refractivity contribution is -0.385.